The van der Waals surface area contributed by atoms with E-state index in [1.54, 1.807) is 11.3 Å². The molecular weight excluding hydrogens is 380 g/mol. The van der Waals surface area contributed by atoms with Gasteiger partial charge in [-0.3, -0.25) is 4.79 Å². The lowest BCUT2D eigenvalue weighted by Crippen LogP contribution is -2.33. The maximum Gasteiger partial charge on any atom is 0.225 e. The highest BCUT2D eigenvalue weighted by molar-refractivity contribution is 7.08. The fraction of sp³-hybridized carbons (Fsp3) is 0.304. The molecule has 1 aliphatic heterocycles. The number of amides is 1. The van der Waals surface area contributed by atoms with Crippen molar-refractivity contribution in [2.24, 2.45) is 7.05 Å². The van der Waals surface area contributed by atoms with Gasteiger partial charge < -0.3 is 14.0 Å². The summed E-state index contributed by atoms with van der Waals surface area (Å²) >= 11 is 1.67. The van der Waals surface area contributed by atoms with Gasteiger partial charge in [0.1, 0.15) is 5.82 Å². The lowest BCUT2D eigenvalue weighted by atomic mass is 10.1. The zero-order chi connectivity index (χ0) is 19.8. The van der Waals surface area contributed by atoms with Gasteiger partial charge in [-0.2, -0.15) is 11.3 Å². The van der Waals surface area contributed by atoms with Crippen LogP contribution in [0.1, 0.15) is 42.7 Å². The third kappa shape index (κ3) is 3.27. The molecule has 2 unspecified atom stereocenters. The first-order valence-electron chi connectivity index (χ1n) is 10.1. The van der Waals surface area contributed by atoms with Gasteiger partial charge in [0.25, 0.3) is 0 Å². The van der Waals surface area contributed by atoms with Crippen molar-refractivity contribution in [3.8, 4) is 0 Å². The van der Waals surface area contributed by atoms with Crippen LogP contribution < -0.4 is 0 Å². The molecule has 0 spiro atoms. The third-order valence-corrected chi connectivity index (χ3v) is 6.68. The van der Waals surface area contributed by atoms with Crippen molar-refractivity contribution < 1.29 is 4.79 Å². The minimum Gasteiger partial charge on any atom is -0.346 e. The minimum atomic E-state index is 0.0328. The number of benzene rings is 1. The van der Waals surface area contributed by atoms with E-state index >= 15 is 0 Å². The van der Waals surface area contributed by atoms with Crippen molar-refractivity contribution >= 4 is 28.3 Å². The number of likely N-dealkylation sites (tertiary alicyclic amines) is 1. The summed E-state index contributed by atoms with van der Waals surface area (Å²) in [6.07, 6.45) is 6.54. The summed E-state index contributed by atoms with van der Waals surface area (Å²) in [5.74, 6) is 1.19. The van der Waals surface area contributed by atoms with E-state index in [0.29, 0.717) is 6.42 Å². The lowest BCUT2D eigenvalue weighted by Gasteiger charge is -2.27. The molecule has 0 radical (unpaired) electrons. The van der Waals surface area contributed by atoms with Gasteiger partial charge in [0.05, 0.1) is 29.5 Å². The van der Waals surface area contributed by atoms with Crippen molar-refractivity contribution in [3.63, 3.8) is 0 Å². The molecule has 4 aromatic rings. The maximum absolute atomic E-state index is 13.4. The quantitative estimate of drug-likeness (QED) is 0.480. The molecule has 148 valence electrons. The summed E-state index contributed by atoms with van der Waals surface area (Å²) < 4.78 is 4.29. The van der Waals surface area contributed by atoms with Crippen LogP contribution in [-0.2, 0) is 11.8 Å². The maximum atomic E-state index is 13.4. The predicted octanol–water partition coefficient (Wildman–Crippen LogP) is 4.78. The Labute approximate surface area is 174 Å². The topological polar surface area (TPSA) is 43.1 Å². The van der Waals surface area contributed by atoms with E-state index in [1.165, 1.54) is 5.56 Å². The molecule has 4 heterocycles. The Bertz CT molecular complexity index is 1080. The molecule has 0 N–H and O–H groups in total. The average molecular weight is 405 g/mol. The number of carbonyl (C=O) groups excluding carboxylic acids is 1. The molecule has 1 fully saturated rings. The van der Waals surface area contributed by atoms with Crippen LogP contribution >= 0.6 is 11.3 Å². The van der Waals surface area contributed by atoms with Crippen LogP contribution in [0.15, 0.2) is 65.6 Å². The zero-order valence-electron chi connectivity index (χ0n) is 16.4. The number of hydrogen-bond donors (Lipinski definition) is 0. The first-order valence-corrected chi connectivity index (χ1v) is 11.0. The summed E-state index contributed by atoms with van der Waals surface area (Å²) in [4.78, 5) is 20.4. The molecule has 2 atom stereocenters. The van der Waals surface area contributed by atoms with Crippen molar-refractivity contribution in [2.45, 2.75) is 31.3 Å². The van der Waals surface area contributed by atoms with Crippen LogP contribution in [-0.4, -0.2) is 31.5 Å². The molecule has 1 aromatic carbocycles. The highest BCUT2D eigenvalue weighted by atomic mass is 32.1. The Hall–Kier alpha value is -2.86. The van der Waals surface area contributed by atoms with Crippen molar-refractivity contribution in [1.82, 2.24) is 19.0 Å². The number of aryl methyl sites for hydroxylation is 1. The Kier molecular flexibility index (Phi) is 4.72. The van der Waals surface area contributed by atoms with Crippen LogP contribution in [0.5, 0.6) is 0 Å². The highest BCUT2D eigenvalue weighted by Gasteiger charge is 2.34. The van der Waals surface area contributed by atoms with Crippen LogP contribution in [0.2, 0.25) is 0 Å². The van der Waals surface area contributed by atoms with E-state index in [1.807, 2.05) is 47.6 Å². The van der Waals surface area contributed by atoms with Crippen LogP contribution in [0.4, 0.5) is 0 Å². The summed E-state index contributed by atoms with van der Waals surface area (Å²) in [6, 6.07) is 14.4. The number of imidazole rings is 1. The van der Waals surface area contributed by atoms with Crippen LogP contribution in [0.3, 0.4) is 0 Å². The fourth-order valence-electron chi connectivity index (χ4n) is 4.49. The number of fused-ring (bicyclic) bond motifs is 1. The lowest BCUT2D eigenvalue weighted by molar-refractivity contribution is -0.132. The van der Waals surface area contributed by atoms with E-state index in [4.69, 9.17) is 4.98 Å². The number of rotatable bonds is 5. The van der Waals surface area contributed by atoms with E-state index in [0.717, 1.165) is 36.2 Å². The first kappa shape index (κ1) is 18.2. The highest BCUT2D eigenvalue weighted by Crippen LogP contribution is 2.35. The van der Waals surface area contributed by atoms with Crippen molar-refractivity contribution in [1.29, 1.82) is 0 Å². The molecule has 1 aliphatic rings. The second-order valence-electron chi connectivity index (χ2n) is 7.67. The second kappa shape index (κ2) is 7.52. The van der Waals surface area contributed by atoms with Gasteiger partial charge >= 0.3 is 0 Å². The molecule has 5 rings (SSSR count). The van der Waals surface area contributed by atoms with Crippen LogP contribution in [0.25, 0.3) is 11.0 Å². The molecule has 1 saturated heterocycles. The summed E-state index contributed by atoms with van der Waals surface area (Å²) in [5, 5.41) is 4.22. The Balaban J connectivity index is 1.43. The van der Waals surface area contributed by atoms with Crippen molar-refractivity contribution in [2.75, 3.05) is 6.54 Å². The monoisotopic (exact) mass is 404 g/mol. The number of thiophene rings is 1. The van der Waals surface area contributed by atoms with Gasteiger partial charge in [-0.25, -0.2) is 4.98 Å². The molecule has 0 saturated carbocycles. The molecular formula is C23H24N4OS. The molecule has 0 aliphatic carbocycles. The van der Waals surface area contributed by atoms with Gasteiger partial charge in [0, 0.05) is 26.0 Å². The molecule has 29 heavy (non-hydrogen) atoms. The van der Waals surface area contributed by atoms with E-state index in [9.17, 15) is 4.79 Å². The zero-order valence-corrected chi connectivity index (χ0v) is 17.3. The summed E-state index contributed by atoms with van der Waals surface area (Å²) in [6.45, 7) is 0.800. The number of hydrogen-bond acceptors (Lipinski definition) is 3. The third-order valence-electron chi connectivity index (χ3n) is 5.98. The van der Waals surface area contributed by atoms with Gasteiger partial charge in [0.2, 0.25) is 5.91 Å². The van der Waals surface area contributed by atoms with Crippen molar-refractivity contribution in [3.05, 3.63) is 77.0 Å². The number of para-hydroxylation sites is 2. The van der Waals surface area contributed by atoms with Crippen LogP contribution in [0, 0.1) is 0 Å². The number of carbonyl (C=O) groups is 1. The molecule has 5 nitrogen and oxygen atoms in total. The molecule has 0 bridgehead atoms. The predicted molar refractivity (Wildman–Crippen MR) is 116 cm³/mol. The van der Waals surface area contributed by atoms with Gasteiger partial charge in [-0.05, 0) is 59.5 Å². The SMILES string of the molecule is Cn1c(C2CCCN2C(=O)CC(c2ccsc2)n2cccc2)nc2ccccc21. The second-order valence-corrected chi connectivity index (χ2v) is 8.45. The minimum absolute atomic E-state index is 0.0328. The van der Waals surface area contributed by atoms with E-state index in [2.05, 4.69) is 39.1 Å². The smallest absolute Gasteiger partial charge is 0.225 e. The van der Waals surface area contributed by atoms with E-state index < -0.39 is 0 Å². The molecule has 6 heteroatoms. The van der Waals surface area contributed by atoms with Gasteiger partial charge in [-0.15, -0.1) is 0 Å². The average Bonchev–Trinajstić information content (AvgIpc) is 3.53. The Morgan fingerprint density at radius 3 is 2.79 bits per heavy atom. The number of aromatic nitrogens is 3. The molecule has 1 amide bonds. The number of nitrogens with zero attached hydrogens (tertiary/aromatic N) is 4. The van der Waals surface area contributed by atoms with E-state index in [-0.39, 0.29) is 18.0 Å². The Morgan fingerprint density at radius 2 is 2.03 bits per heavy atom. The first-order chi connectivity index (χ1) is 14.2. The largest absolute Gasteiger partial charge is 0.346 e. The molecule has 3 aromatic heterocycles. The van der Waals surface area contributed by atoms with Gasteiger partial charge in [0.15, 0.2) is 0 Å². The standard InChI is InChI=1S/C23H24N4OS/c1-25-19-8-3-2-7-18(19)24-23(25)20-9-6-13-27(20)22(28)15-21(17-10-14-29-16-17)26-11-4-5-12-26/h2-5,7-8,10-12,14,16,20-21H,6,9,13,15H2,1H3. The normalized spacial score (nSPS) is 17.8. The summed E-state index contributed by atoms with van der Waals surface area (Å²) in [5.41, 5.74) is 3.30. The Morgan fingerprint density at radius 1 is 1.21 bits per heavy atom. The fourth-order valence-corrected chi connectivity index (χ4v) is 5.20. The van der Waals surface area contributed by atoms with Gasteiger partial charge in [-0.1, -0.05) is 12.1 Å². The summed E-state index contributed by atoms with van der Waals surface area (Å²) in [7, 11) is 2.06.